The van der Waals surface area contributed by atoms with Crippen molar-refractivity contribution in [2.45, 2.75) is 0 Å². The number of hydrogen-bond acceptors (Lipinski definition) is 2. The molecule has 0 aliphatic rings. The van der Waals surface area contributed by atoms with Gasteiger partial charge in [-0.1, -0.05) is 35.3 Å². The Labute approximate surface area is 108 Å². The van der Waals surface area contributed by atoms with Crippen molar-refractivity contribution in [3.8, 4) is 11.3 Å². The monoisotopic (exact) mass is 263 g/mol. The molecule has 0 aliphatic carbocycles. The van der Waals surface area contributed by atoms with Crippen LogP contribution >= 0.6 is 23.2 Å². The smallest absolute Gasteiger partial charge is 0.157 e. The van der Waals surface area contributed by atoms with E-state index in [-0.39, 0.29) is 0 Å². The van der Waals surface area contributed by atoms with Gasteiger partial charge in [-0.05, 0) is 12.1 Å². The molecule has 0 aliphatic heterocycles. The molecule has 3 aromatic rings. The average molecular weight is 264 g/mol. The molecule has 0 amide bonds. The van der Waals surface area contributed by atoms with Crippen LogP contribution in [-0.2, 0) is 0 Å². The summed E-state index contributed by atoms with van der Waals surface area (Å²) in [6.07, 6.45) is 1.67. The number of hydrogen-bond donors (Lipinski definition) is 0. The van der Waals surface area contributed by atoms with Gasteiger partial charge in [0, 0.05) is 22.7 Å². The first-order valence-corrected chi connectivity index (χ1v) is 5.76. The fraction of sp³-hybridized carbons (Fsp3) is 0. The van der Waals surface area contributed by atoms with E-state index in [0.29, 0.717) is 10.2 Å². The van der Waals surface area contributed by atoms with Crippen LogP contribution in [0.15, 0.2) is 42.6 Å². The van der Waals surface area contributed by atoms with Gasteiger partial charge in [-0.2, -0.15) is 5.10 Å². The normalized spacial score (nSPS) is 10.9. The lowest BCUT2D eigenvalue weighted by Gasteiger charge is -2.03. The minimum Gasteiger partial charge on any atom is -0.228 e. The van der Waals surface area contributed by atoms with Crippen molar-refractivity contribution in [1.29, 1.82) is 0 Å². The van der Waals surface area contributed by atoms with Crippen LogP contribution in [0, 0.1) is 0 Å². The third kappa shape index (κ3) is 1.88. The van der Waals surface area contributed by atoms with Gasteiger partial charge in [-0.15, -0.1) is 0 Å². The molecule has 2 aromatic heterocycles. The zero-order chi connectivity index (χ0) is 11.8. The molecular weight excluding hydrogens is 257 g/mol. The molecule has 0 bridgehead atoms. The van der Waals surface area contributed by atoms with Gasteiger partial charge in [-0.3, -0.25) is 0 Å². The van der Waals surface area contributed by atoms with E-state index in [1.165, 1.54) is 0 Å². The molecule has 3 rings (SSSR count). The lowest BCUT2D eigenvalue weighted by Crippen LogP contribution is -1.94. The van der Waals surface area contributed by atoms with Crippen LogP contribution in [0.3, 0.4) is 0 Å². The van der Waals surface area contributed by atoms with Crippen molar-refractivity contribution >= 4 is 28.8 Å². The Balaban J connectivity index is 2.20. The zero-order valence-corrected chi connectivity index (χ0v) is 10.2. The fourth-order valence-corrected chi connectivity index (χ4v) is 2.00. The predicted octanol–water partition coefficient (Wildman–Crippen LogP) is 3.70. The molecule has 2 heterocycles. The van der Waals surface area contributed by atoms with E-state index in [9.17, 15) is 0 Å². The summed E-state index contributed by atoms with van der Waals surface area (Å²) in [6.45, 7) is 0. The maximum absolute atomic E-state index is 6.12. The first-order chi connectivity index (χ1) is 8.24. The van der Waals surface area contributed by atoms with Crippen molar-refractivity contribution in [2.24, 2.45) is 0 Å². The second-order valence-corrected chi connectivity index (χ2v) is 4.40. The van der Waals surface area contributed by atoms with Gasteiger partial charge in [0.15, 0.2) is 5.65 Å². The van der Waals surface area contributed by atoms with E-state index in [1.54, 1.807) is 16.8 Å². The summed E-state index contributed by atoms with van der Waals surface area (Å²) in [4.78, 5) is 4.47. The Morgan fingerprint density at radius 2 is 1.76 bits per heavy atom. The largest absolute Gasteiger partial charge is 0.228 e. The van der Waals surface area contributed by atoms with E-state index in [4.69, 9.17) is 23.2 Å². The van der Waals surface area contributed by atoms with Gasteiger partial charge < -0.3 is 0 Å². The van der Waals surface area contributed by atoms with Crippen LogP contribution in [0.1, 0.15) is 0 Å². The molecule has 84 valence electrons. The number of benzene rings is 1. The Bertz CT molecular complexity index is 674. The van der Waals surface area contributed by atoms with Gasteiger partial charge in [0.25, 0.3) is 0 Å². The topological polar surface area (TPSA) is 30.2 Å². The molecule has 0 radical (unpaired) electrons. The standard InChI is InChI=1S/C12H7Cl2N3/c13-9-3-1-8(2-4-9)10-7-11(14)17-12(16-10)5-6-15-17/h1-7H. The van der Waals surface area contributed by atoms with Gasteiger partial charge in [0.2, 0.25) is 0 Å². The van der Waals surface area contributed by atoms with Crippen LogP contribution in [0.4, 0.5) is 0 Å². The van der Waals surface area contributed by atoms with Gasteiger partial charge in [-0.25, -0.2) is 9.50 Å². The predicted molar refractivity (Wildman–Crippen MR) is 68.4 cm³/mol. The third-order valence-electron chi connectivity index (χ3n) is 2.46. The van der Waals surface area contributed by atoms with Gasteiger partial charge >= 0.3 is 0 Å². The number of fused-ring (bicyclic) bond motifs is 1. The van der Waals surface area contributed by atoms with E-state index < -0.39 is 0 Å². The first kappa shape index (κ1) is 10.6. The third-order valence-corrected chi connectivity index (χ3v) is 2.98. The van der Waals surface area contributed by atoms with Crippen molar-refractivity contribution in [3.63, 3.8) is 0 Å². The molecule has 0 spiro atoms. The molecule has 5 heteroatoms. The SMILES string of the molecule is Clc1ccc(-c2cc(Cl)n3nccc3n2)cc1. The molecular formula is C12H7Cl2N3. The summed E-state index contributed by atoms with van der Waals surface area (Å²) in [5.74, 6) is 0. The summed E-state index contributed by atoms with van der Waals surface area (Å²) < 4.78 is 1.58. The van der Waals surface area contributed by atoms with Crippen LogP contribution in [0.2, 0.25) is 10.2 Å². The minimum atomic E-state index is 0.532. The molecule has 0 saturated heterocycles. The summed E-state index contributed by atoms with van der Waals surface area (Å²) in [7, 11) is 0. The highest BCUT2D eigenvalue weighted by molar-refractivity contribution is 6.30. The summed E-state index contributed by atoms with van der Waals surface area (Å²) >= 11 is 12.0. The molecule has 0 atom stereocenters. The molecule has 1 aromatic carbocycles. The Morgan fingerprint density at radius 1 is 1.00 bits per heavy atom. The highest BCUT2D eigenvalue weighted by Crippen LogP contribution is 2.23. The molecule has 17 heavy (non-hydrogen) atoms. The fourth-order valence-electron chi connectivity index (χ4n) is 1.64. The summed E-state index contributed by atoms with van der Waals surface area (Å²) in [6, 6.07) is 11.1. The van der Waals surface area contributed by atoms with E-state index >= 15 is 0 Å². The molecule has 0 saturated carbocycles. The van der Waals surface area contributed by atoms with Gasteiger partial charge in [0.05, 0.1) is 11.9 Å². The Morgan fingerprint density at radius 3 is 2.53 bits per heavy atom. The maximum Gasteiger partial charge on any atom is 0.157 e. The van der Waals surface area contributed by atoms with Crippen molar-refractivity contribution in [1.82, 2.24) is 14.6 Å². The van der Waals surface area contributed by atoms with E-state index in [0.717, 1.165) is 16.9 Å². The van der Waals surface area contributed by atoms with Crippen molar-refractivity contribution in [3.05, 3.63) is 52.8 Å². The number of aromatic nitrogens is 3. The second-order valence-electron chi connectivity index (χ2n) is 3.57. The molecule has 0 fully saturated rings. The van der Waals surface area contributed by atoms with E-state index in [2.05, 4.69) is 10.1 Å². The molecule has 3 nitrogen and oxygen atoms in total. The highest BCUT2D eigenvalue weighted by atomic mass is 35.5. The van der Waals surface area contributed by atoms with Gasteiger partial charge in [0.1, 0.15) is 5.15 Å². The highest BCUT2D eigenvalue weighted by Gasteiger charge is 2.06. The van der Waals surface area contributed by atoms with Crippen LogP contribution in [0.5, 0.6) is 0 Å². The number of rotatable bonds is 1. The van der Waals surface area contributed by atoms with Crippen molar-refractivity contribution < 1.29 is 0 Å². The molecule has 0 N–H and O–H groups in total. The zero-order valence-electron chi connectivity index (χ0n) is 8.64. The Hall–Kier alpha value is -1.58. The minimum absolute atomic E-state index is 0.532. The number of nitrogens with zero attached hydrogens (tertiary/aromatic N) is 3. The lowest BCUT2D eigenvalue weighted by atomic mass is 10.1. The number of halogens is 2. The maximum atomic E-state index is 6.12. The quantitative estimate of drug-likeness (QED) is 0.627. The Kier molecular flexibility index (Phi) is 2.50. The van der Waals surface area contributed by atoms with Crippen LogP contribution in [0.25, 0.3) is 16.9 Å². The molecule has 0 unspecified atom stereocenters. The van der Waals surface area contributed by atoms with E-state index in [1.807, 2.05) is 30.3 Å². The van der Waals surface area contributed by atoms with Crippen LogP contribution < -0.4 is 0 Å². The first-order valence-electron chi connectivity index (χ1n) is 5.00. The summed E-state index contributed by atoms with van der Waals surface area (Å²) in [5, 5.41) is 5.30. The second kappa shape index (κ2) is 4.02. The summed E-state index contributed by atoms with van der Waals surface area (Å²) in [5.41, 5.74) is 2.50. The van der Waals surface area contributed by atoms with Crippen molar-refractivity contribution in [2.75, 3.05) is 0 Å². The average Bonchev–Trinajstić information content (AvgIpc) is 2.78. The van der Waals surface area contributed by atoms with Crippen LogP contribution in [-0.4, -0.2) is 14.6 Å². The lowest BCUT2D eigenvalue weighted by molar-refractivity contribution is 0.942.